The molecule has 0 atom stereocenters. The Balaban J connectivity index is 2.07. The van der Waals surface area contributed by atoms with Gasteiger partial charge in [-0.2, -0.15) is 0 Å². The molecule has 0 saturated carbocycles. The summed E-state index contributed by atoms with van der Waals surface area (Å²) in [5.41, 5.74) is 2.71. The number of non-ortho nitro benzene ring substituents is 1. The second-order valence-electron chi connectivity index (χ2n) is 6.57. The van der Waals surface area contributed by atoms with E-state index in [-0.39, 0.29) is 17.0 Å². The van der Waals surface area contributed by atoms with Gasteiger partial charge in [-0.15, -0.1) is 0 Å². The highest BCUT2D eigenvalue weighted by Crippen LogP contribution is 2.32. The van der Waals surface area contributed by atoms with Gasteiger partial charge in [0.05, 0.1) is 4.92 Å². The van der Waals surface area contributed by atoms with E-state index in [0.29, 0.717) is 16.8 Å². The molecule has 0 amide bonds. The third kappa shape index (κ3) is 3.20. The van der Waals surface area contributed by atoms with Gasteiger partial charge >= 0.3 is 0 Å². The number of allylic oxidation sites excluding steroid dienone is 1. The van der Waals surface area contributed by atoms with E-state index in [0.717, 1.165) is 12.0 Å². The molecular weight excluding hydrogens is 304 g/mol. The molecule has 0 saturated heterocycles. The highest BCUT2D eigenvalue weighted by Gasteiger charge is 2.29. The van der Waals surface area contributed by atoms with E-state index in [4.69, 9.17) is 0 Å². The smallest absolute Gasteiger partial charge is 0.270 e. The molecule has 0 unspecified atom stereocenters. The number of ketones is 1. The molecule has 122 valence electrons. The number of nitrogens with one attached hydrogen (secondary N) is 1. The van der Waals surface area contributed by atoms with E-state index in [2.05, 4.69) is 5.32 Å². The van der Waals surface area contributed by atoms with E-state index in [9.17, 15) is 14.9 Å². The van der Waals surface area contributed by atoms with Gasteiger partial charge < -0.3 is 5.32 Å². The molecule has 1 aliphatic rings. The van der Waals surface area contributed by atoms with Crippen LogP contribution in [0.15, 0.2) is 54.6 Å². The van der Waals surface area contributed by atoms with Crippen LogP contribution in [0.2, 0.25) is 0 Å². The normalized spacial score (nSPS) is 17.0. The summed E-state index contributed by atoms with van der Waals surface area (Å²) < 4.78 is 0. The second-order valence-corrected chi connectivity index (χ2v) is 6.57. The summed E-state index contributed by atoms with van der Waals surface area (Å²) in [6, 6.07) is 13.8. The van der Waals surface area contributed by atoms with Gasteiger partial charge in [-0.3, -0.25) is 14.9 Å². The molecule has 1 N–H and O–H groups in total. The van der Waals surface area contributed by atoms with Gasteiger partial charge in [-0.25, -0.2) is 0 Å². The average Bonchev–Trinajstić information content (AvgIpc) is 2.54. The first-order valence-corrected chi connectivity index (χ1v) is 7.73. The fourth-order valence-electron chi connectivity index (χ4n) is 2.97. The molecule has 0 aliphatic carbocycles. The molecule has 1 aliphatic heterocycles. The number of fused-ring (bicyclic) bond motifs is 1. The number of nitro groups is 1. The predicted octanol–water partition coefficient (Wildman–Crippen LogP) is 3.74. The Bertz CT molecular complexity index is 839. The summed E-state index contributed by atoms with van der Waals surface area (Å²) in [5, 5.41) is 14.4. The molecule has 2 aromatic rings. The molecular formula is C19H18N2O3. The van der Waals surface area contributed by atoms with Crippen molar-refractivity contribution in [3.63, 3.8) is 0 Å². The van der Waals surface area contributed by atoms with Crippen LogP contribution in [0.5, 0.6) is 0 Å². The Morgan fingerprint density at radius 1 is 1.21 bits per heavy atom. The van der Waals surface area contributed by atoms with Gasteiger partial charge in [-0.05, 0) is 25.8 Å². The number of rotatable bonds is 3. The largest absolute Gasteiger partial charge is 0.379 e. The highest BCUT2D eigenvalue weighted by molar-refractivity contribution is 6.08. The van der Waals surface area contributed by atoms with Gasteiger partial charge in [0, 0.05) is 40.6 Å². The first-order valence-electron chi connectivity index (χ1n) is 7.73. The Hall–Kier alpha value is -2.95. The quantitative estimate of drug-likeness (QED) is 0.404. The number of hydrogen-bond donors (Lipinski definition) is 1. The van der Waals surface area contributed by atoms with Crippen LogP contribution in [0.3, 0.4) is 0 Å². The van der Waals surface area contributed by atoms with E-state index >= 15 is 0 Å². The molecule has 0 aromatic heterocycles. The van der Waals surface area contributed by atoms with E-state index in [1.54, 1.807) is 18.2 Å². The zero-order valence-corrected chi connectivity index (χ0v) is 13.6. The van der Waals surface area contributed by atoms with Gasteiger partial charge in [-0.1, -0.05) is 36.4 Å². The first kappa shape index (κ1) is 15.9. The van der Waals surface area contributed by atoms with Crippen molar-refractivity contribution in [2.75, 3.05) is 0 Å². The van der Waals surface area contributed by atoms with Crippen molar-refractivity contribution in [1.82, 2.24) is 5.32 Å². The summed E-state index contributed by atoms with van der Waals surface area (Å²) in [6.07, 6.45) is 2.26. The van der Waals surface area contributed by atoms with Crippen LogP contribution in [0, 0.1) is 10.1 Å². The van der Waals surface area contributed by atoms with Gasteiger partial charge in [0.2, 0.25) is 0 Å². The summed E-state index contributed by atoms with van der Waals surface area (Å²) in [4.78, 5) is 23.1. The molecule has 2 aromatic carbocycles. The fourth-order valence-corrected chi connectivity index (χ4v) is 2.97. The Kier molecular flexibility index (Phi) is 3.93. The van der Waals surface area contributed by atoms with Crippen molar-refractivity contribution >= 4 is 17.2 Å². The minimum atomic E-state index is -0.420. The van der Waals surface area contributed by atoms with Crippen LogP contribution in [-0.4, -0.2) is 16.2 Å². The Labute approximate surface area is 140 Å². The van der Waals surface area contributed by atoms with Gasteiger partial charge in [0.25, 0.3) is 5.69 Å². The monoisotopic (exact) mass is 322 g/mol. The number of nitrogens with zero attached hydrogens (tertiary/aromatic N) is 1. The topological polar surface area (TPSA) is 72.2 Å². The summed E-state index contributed by atoms with van der Waals surface area (Å²) in [6.45, 7) is 4.08. The molecule has 1 heterocycles. The average molecular weight is 322 g/mol. The molecule has 0 radical (unpaired) electrons. The first-order chi connectivity index (χ1) is 11.4. The van der Waals surface area contributed by atoms with Gasteiger partial charge in [0.1, 0.15) is 0 Å². The van der Waals surface area contributed by atoms with Crippen molar-refractivity contribution in [3.8, 4) is 0 Å². The zero-order valence-electron chi connectivity index (χ0n) is 13.6. The van der Waals surface area contributed by atoms with Gasteiger partial charge in [0.15, 0.2) is 5.78 Å². The highest BCUT2D eigenvalue weighted by atomic mass is 16.6. The molecule has 24 heavy (non-hydrogen) atoms. The lowest BCUT2D eigenvalue weighted by Crippen LogP contribution is -2.43. The Morgan fingerprint density at radius 3 is 2.58 bits per heavy atom. The van der Waals surface area contributed by atoms with Crippen LogP contribution < -0.4 is 5.32 Å². The minimum absolute atomic E-state index is 0.0216. The predicted molar refractivity (Wildman–Crippen MR) is 92.8 cm³/mol. The number of hydrogen-bond acceptors (Lipinski definition) is 4. The van der Waals surface area contributed by atoms with Crippen molar-refractivity contribution < 1.29 is 9.72 Å². The molecule has 0 bridgehead atoms. The van der Waals surface area contributed by atoms with Crippen LogP contribution in [0.4, 0.5) is 5.69 Å². The van der Waals surface area contributed by atoms with E-state index < -0.39 is 4.92 Å². The van der Waals surface area contributed by atoms with Crippen molar-refractivity contribution in [3.05, 3.63) is 81.4 Å². The summed E-state index contributed by atoms with van der Waals surface area (Å²) in [7, 11) is 0. The van der Waals surface area contributed by atoms with E-state index in [1.165, 1.54) is 18.2 Å². The van der Waals surface area contributed by atoms with Crippen molar-refractivity contribution in [2.24, 2.45) is 0 Å². The number of benzene rings is 2. The molecule has 0 fully saturated rings. The number of nitro benzene ring substituents is 1. The molecule has 5 nitrogen and oxygen atoms in total. The number of carbonyl (C=O) groups excluding carboxylic acids is 1. The maximum absolute atomic E-state index is 12.5. The van der Waals surface area contributed by atoms with Crippen LogP contribution in [0.25, 0.3) is 5.70 Å². The van der Waals surface area contributed by atoms with Crippen LogP contribution in [0.1, 0.15) is 35.3 Å². The molecule has 3 rings (SSSR count). The lowest BCUT2D eigenvalue weighted by atomic mass is 9.85. The van der Waals surface area contributed by atoms with E-state index in [1.807, 2.05) is 32.0 Å². The van der Waals surface area contributed by atoms with Crippen molar-refractivity contribution in [2.45, 2.75) is 25.8 Å². The summed E-state index contributed by atoms with van der Waals surface area (Å²) >= 11 is 0. The number of carbonyl (C=O) groups is 1. The SMILES string of the molecule is CC1(C)Cc2ccc([N+](=O)[O-])cc2C(=CC(=O)c2ccccc2)N1. The maximum Gasteiger partial charge on any atom is 0.270 e. The molecule has 0 spiro atoms. The minimum Gasteiger partial charge on any atom is -0.379 e. The standard InChI is InChI=1S/C19H18N2O3/c1-19(2)12-14-8-9-15(21(23)24)10-16(14)17(20-19)11-18(22)13-6-4-3-5-7-13/h3-11,20H,12H2,1-2H3. The second kappa shape index (κ2) is 5.92. The van der Waals surface area contributed by atoms with Crippen LogP contribution >= 0.6 is 0 Å². The van der Waals surface area contributed by atoms with Crippen LogP contribution in [-0.2, 0) is 6.42 Å². The van der Waals surface area contributed by atoms with Crippen molar-refractivity contribution in [1.29, 1.82) is 0 Å². The lowest BCUT2D eigenvalue weighted by Gasteiger charge is -2.35. The summed E-state index contributed by atoms with van der Waals surface area (Å²) in [5.74, 6) is -0.131. The lowest BCUT2D eigenvalue weighted by molar-refractivity contribution is -0.384. The zero-order chi connectivity index (χ0) is 17.3. The third-order valence-corrected chi connectivity index (χ3v) is 4.03. The maximum atomic E-state index is 12.5. The fraction of sp³-hybridized carbons (Fsp3) is 0.211. The Morgan fingerprint density at radius 2 is 1.92 bits per heavy atom. The molecule has 5 heteroatoms. The third-order valence-electron chi connectivity index (χ3n) is 4.03.